The number of nitrogens with one attached hydrogen (secondary N) is 1. The van der Waals surface area contributed by atoms with Gasteiger partial charge in [-0.2, -0.15) is 0 Å². The zero-order chi connectivity index (χ0) is 11.7. The zero-order valence-corrected chi connectivity index (χ0v) is 10.0. The van der Waals surface area contributed by atoms with Crippen LogP contribution < -0.4 is 5.32 Å². The topological polar surface area (TPSA) is 24.9 Å². The molecule has 17 heavy (non-hydrogen) atoms. The Bertz CT molecular complexity index is 462. The molecule has 1 aliphatic heterocycles. The summed E-state index contributed by atoms with van der Waals surface area (Å²) in [6.45, 7) is 6.11. The SMILES string of the molecule is C=Cc1cncc(C2=CCC[C@@H]3CNC[C@H]23)c1. The van der Waals surface area contributed by atoms with Gasteiger partial charge in [0.1, 0.15) is 0 Å². The standard InChI is InChI=1S/C15H18N2/c1-2-11-6-13(9-16-7-11)14-5-3-4-12-8-17-10-15(12)14/h2,5-7,9,12,15,17H,1,3-4,8,10H2/t12-,15+/m1/s1. The third-order valence-corrected chi connectivity index (χ3v) is 3.97. The van der Waals surface area contributed by atoms with Gasteiger partial charge in [-0.05, 0) is 48.1 Å². The summed E-state index contributed by atoms with van der Waals surface area (Å²) in [5.74, 6) is 1.51. The number of nitrogens with zero attached hydrogens (tertiary/aromatic N) is 1. The van der Waals surface area contributed by atoms with Crippen molar-refractivity contribution in [3.05, 3.63) is 42.2 Å². The molecule has 1 aromatic heterocycles. The van der Waals surface area contributed by atoms with E-state index in [2.05, 4.69) is 29.0 Å². The van der Waals surface area contributed by atoms with Crippen LogP contribution in [0.2, 0.25) is 0 Å². The second-order valence-electron chi connectivity index (χ2n) is 4.97. The van der Waals surface area contributed by atoms with Gasteiger partial charge in [0.05, 0.1) is 0 Å². The highest BCUT2D eigenvalue weighted by Crippen LogP contribution is 2.38. The van der Waals surface area contributed by atoms with Crippen molar-refractivity contribution in [2.24, 2.45) is 11.8 Å². The van der Waals surface area contributed by atoms with Crippen molar-refractivity contribution in [3.8, 4) is 0 Å². The van der Waals surface area contributed by atoms with E-state index < -0.39 is 0 Å². The van der Waals surface area contributed by atoms with Crippen LogP contribution in [0.4, 0.5) is 0 Å². The van der Waals surface area contributed by atoms with Crippen LogP contribution in [0.5, 0.6) is 0 Å². The lowest BCUT2D eigenvalue weighted by Gasteiger charge is -2.26. The van der Waals surface area contributed by atoms with Crippen LogP contribution >= 0.6 is 0 Å². The first kappa shape index (κ1) is 10.7. The Morgan fingerprint density at radius 2 is 2.29 bits per heavy atom. The van der Waals surface area contributed by atoms with E-state index in [0.717, 1.165) is 18.0 Å². The lowest BCUT2D eigenvalue weighted by Crippen LogP contribution is -2.17. The summed E-state index contributed by atoms with van der Waals surface area (Å²) < 4.78 is 0. The molecule has 1 saturated heterocycles. The number of allylic oxidation sites excluding steroid dienone is 1. The van der Waals surface area contributed by atoms with Crippen LogP contribution in [0, 0.1) is 11.8 Å². The van der Waals surface area contributed by atoms with Gasteiger partial charge in [-0.15, -0.1) is 0 Å². The Kier molecular flexibility index (Phi) is 2.81. The van der Waals surface area contributed by atoms with Crippen molar-refractivity contribution >= 4 is 11.6 Å². The number of hydrogen-bond acceptors (Lipinski definition) is 2. The van der Waals surface area contributed by atoms with Crippen LogP contribution in [-0.4, -0.2) is 18.1 Å². The quantitative estimate of drug-likeness (QED) is 0.838. The van der Waals surface area contributed by atoms with E-state index in [1.54, 1.807) is 0 Å². The summed E-state index contributed by atoms with van der Waals surface area (Å²) >= 11 is 0. The smallest absolute Gasteiger partial charge is 0.0343 e. The van der Waals surface area contributed by atoms with Crippen molar-refractivity contribution in [3.63, 3.8) is 0 Å². The van der Waals surface area contributed by atoms with E-state index in [-0.39, 0.29) is 0 Å². The Morgan fingerprint density at radius 1 is 1.35 bits per heavy atom. The molecule has 0 amide bonds. The predicted molar refractivity (Wildman–Crippen MR) is 71.4 cm³/mol. The summed E-state index contributed by atoms with van der Waals surface area (Å²) in [6, 6.07) is 2.20. The minimum Gasteiger partial charge on any atom is -0.316 e. The first-order valence-electron chi connectivity index (χ1n) is 6.37. The Hall–Kier alpha value is -1.41. The van der Waals surface area contributed by atoms with Crippen molar-refractivity contribution < 1.29 is 0 Å². The number of aromatic nitrogens is 1. The summed E-state index contributed by atoms with van der Waals surface area (Å²) in [4.78, 5) is 4.31. The lowest BCUT2D eigenvalue weighted by atomic mass is 9.78. The van der Waals surface area contributed by atoms with Crippen LogP contribution in [0.3, 0.4) is 0 Å². The third-order valence-electron chi connectivity index (χ3n) is 3.97. The number of hydrogen-bond donors (Lipinski definition) is 1. The molecule has 0 spiro atoms. The highest BCUT2D eigenvalue weighted by Gasteiger charge is 2.32. The molecule has 0 aromatic carbocycles. The second-order valence-corrected chi connectivity index (χ2v) is 4.97. The highest BCUT2D eigenvalue weighted by atomic mass is 14.9. The normalized spacial score (nSPS) is 27.4. The largest absolute Gasteiger partial charge is 0.316 e. The average molecular weight is 226 g/mol. The van der Waals surface area contributed by atoms with E-state index in [9.17, 15) is 0 Å². The molecule has 2 atom stereocenters. The Labute approximate surface area is 102 Å². The van der Waals surface area contributed by atoms with Crippen molar-refractivity contribution in [2.75, 3.05) is 13.1 Å². The molecule has 2 heteroatoms. The molecule has 1 aromatic rings. The maximum atomic E-state index is 4.31. The van der Waals surface area contributed by atoms with Crippen molar-refractivity contribution in [1.29, 1.82) is 0 Å². The molecule has 1 aliphatic carbocycles. The second kappa shape index (κ2) is 4.46. The maximum absolute atomic E-state index is 4.31. The fraction of sp³-hybridized carbons (Fsp3) is 0.400. The van der Waals surface area contributed by atoms with E-state index in [0.29, 0.717) is 5.92 Å². The summed E-state index contributed by atoms with van der Waals surface area (Å²) in [6.07, 6.45) is 10.7. The Balaban J connectivity index is 1.96. The molecule has 0 bridgehead atoms. The third kappa shape index (κ3) is 1.93. The average Bonchev–Trinajstić information content (AvgIpc) is 2.87. The van der Waals surface area contributed by atoms with Crippen LogP contribution in [0.1, 0.15) is 24.0 Å². The monoisotopic (exact) mass is 226 g/mol. The molecule has 0 unspecified atom stereocenters. The fourth-order valence-electron chi connectivity index (χ4n) is 3.06. The first-order chi connectivity index (χ1) is 8.38. The highest BCUT2D eigenvalue weighted by molar-refractivity contribution is 5.70. The molecular formula is C15H18N2. The molecule has 0 saturated carbocycles. The minimum absolute atomic E-state index is 0.686. The predicted octanol–water partition coefficient (Wildman–Crippen LogP) is 2.74. The summed E-state index contributed by atoms with van der Waals surface area (Å²) in [5.41, 5.74) is 3.87. The molecular weight excluding hydrogens is 208 g/mol. The van der Waals surface area contributed by atoms with Gasteiger partial charge in [-0.3, -0.25) is 4.98 Å². The molecule has 2 heterocycles. The van der Waals surface area contributed by atoms with Crippen molar-refractivity contribution in [2.45, 2.75) is 12.8 Å². The van der Waals surface area contributed by atoms with Gasteiger partial charge in [0.15, 0.2) is 0 Å². The lowest BCUT2D eigenvalue weighted by molar-refractivity contribution is 0.454. The van der Waals surface area contributed by atoms with E-state index in [4.69, 9.17) is 0 Å². The number of pyridine rings is 1. The maximum Gasteiger partial charge on any atom is 0.0343 e. The fourth-order valence-corrected chi connectivity index (χ4v) is 3.06. The molecule has 1 fully saturated rings. The first-order valence-corrected chi connectivity index (χ1v) is 6.37. The molecule has 1 N–H and O–H groups in total. The van der Waals surface area contributed by atoms with E-state index >= 15 is 0 Å². The van der Waals surface area contributed by atoms with E-state index in [1.165, 1.54) is 30.5 Å². The van der Waals surface area contributed by atoms with E-state index in [1.807, 2.05) is 18.5 Å². The van der Waals surface area contributed by atoms with Crippen LogP contribution in [0.25, 0.3) is 11.6 Å². The van der Waals surface area contributed by atoms with Gasteiger partial charge in [0.2, 0.25) is 0 Å². The van der Waals surface area contributed by atoms with Gasteiger partial charge < -0.3 is 5.32 Å². The number of rotatable bonds is 2. The van der Waals surface area contributed by atoms with Gasteiger partial charge in [-0.25, -0.2) is 0 Å². The van der Waals surface area contributed by atoms with Gasteiger partial charge in [-0.1, -0.05) is 18.7 Å². The number of fused-ring (bicyclic) bond motifs is 1. The molecule has 3 rings (SSSR count). The molecule has 0 radical (unpaired) electrons. The van der Waals surface area contributed by atoms with Gasteiger partial charge >= 0.3 is 0 Å². The zero-order valence-electron chi connectivity index (χ0n) is 10.0. The van der Waals surface area contributed by atoms with Crippen LogP contribution in [-0.2, 0) is 0 Å². The molecule has 2 aliphatic rings. The Morgan fingerprint density at radius 3 is 3.18 bits per heavy atom. The molecule has 88 valence electrons. The minimum atomic E-state index is 0.686. The van der Waals surface area contributed by atoms with Crippen molar-refractivity contribution in [1.82, 2.24) is 10.3 Å². The van der Waals surface area contributed by atoms with Crippen LogP contribution in [0.15, 0.2) is 31.1 Å². The van der Waals surface area contributed by atoms with Gasteiger partial charge in [0, 0.05) is 24.9 Å². The summed E-state index contributed by atoms with van der Waals surface area (Å²) in [5, 5.41) is 3.51. The molecule has 2 nitrogen and oxygen atoms in total. The summed E-state index contributed by atoms with van der Waals surface area (Å²) in [7, 11) is 0. The van der Waals surface area contributed by atoms with Gasteiger partial charge in [0.25, 0.3) is 0 Å².